The summed E-state index contributed by atoms with van der Waals surface area (Å²) >= 11 is 9.04. The minimum absolute atomic E-state index is 0.734. The molecule has 0 radical (unpaired) electrons. The van der Waals surface area contributed by atoms with Crippen LogP contribution in [0.3, 0.4) is 0 Å². The number of thioether (sulfide) groups is 1. The second-order valence-corrected chi connectivity index (χ2v) is 6.85. The second kappa shape index (κ2) is 7.04. The predicted octanol–water partition coefficient (Wildman–Crippen LogP) is 3.87. The molecule has 0 saturated heterocycles. The number of hydrogen-bond donors (Lipinski definition) is 0. The average Bonchev–Trinajstić information content (AvgIpc) is 3.13. The molecule has 1 aromatic carbocycles. The normalized spacial score (nSPS) is 11.4. The number of rotatable bonds is 5. The van der Waals surface area contributed by atoms with Gasteiger partial charge in [-0.1, -0.05) is 35.5 Å². The number of aromatic nitrogens is 4. The molecular formula is C14H12ClN5S2. The van der Waals surface area contributed by atoms with Crippen LogP contribution in [0, 0.1) is 6.92 Å². The molecule has 2 aromatic heterocycles. The monoisotopic (exact) mass is 349 g/mol. The van der Waals surface area contributed by atoms with E-state index in [0.717, 1.165) is 26.6 Å². The average molecular weight is 350 g/mol. The summed E-state index contributed by atoms with van der Waals surface area (Å²) < 4.78 is 1.65. The van der Waals surface area contributed by atoms with Gasteiger partial charge in [-0.3, -0.25) is 0 Å². The molecule has 0 saturated carbocycles. The van der Waals surface area contributed by atoms with Crippen LogP contribution in [0.1, 0.15) is 16.3 Å². The first-order valence-corrected chi connectivity index (χ1v) is 8.69. The van der Waals surface area contributed by atoms with Crippen molar-refractivity contribution in [2.45, 2.75) is 17.8 Å². The van der Waals surface area contributed by atoms with Gasteiger partial charge in [-0.15, -0.1) is 21.5 Å². The lowest BCUT2D eigenvalue weighted by Crippen LogP contribution is -1.93. The topological polar surface area (TPSA) is 56.0 Å². The van der Waals surface area contributed by atoms with Gasteiger partial charge in [0.25, 0.3) is 0 Å². The van der Waals surface area contributed by atoms with Crippen molar-refractivity contribution in [2.24, 2.45) is 5.10 Å². The van der Waals surface area contributed by atoms with Crippen molar-refractivity contribution in [3.05, 3.63) is 57.3 Å². The van der Waals surface area contributed by atoms with E-state index in [1.165, 1.54) is 5.56 Å². The lowest BCUT2D eigenvalue weighted by Gasteiger charge is -2.01. The maximum absolute atomic E-state index is 5.88. The number of hydrogen-bond acceptors (Lipinski definition) is 6. The summed E-state index contributed by atoms with van der Waals surface area (Å²) in [4.78, 5) is 4.34. The van der Waals surface area contributed by atoms with Crippen LogP contribution in [-0.4, -0.2) is 26.1 Å². The van der Waals surface area contributed by atoms with Crippen LogP contribution in [-0.2, 0) is 5.75 Å². The molecule has 22 heavy (non-hydrogen) atoms. The van der Waals surface area contributed by atoms with Gasteiger partial charge in [-0.25, -0.2) is 4.98 Å². The minimum atomic E-state index is 0.734. The fourth-order valence-corrected chi connectivity index (χ4v) is 3.19. The van der Waals surface area contributed by atoms with Gasteiger partial charge in [0.15, 0.2) is 0 Å². The van der Waals surface area contributed by atoms with E-state index in [2.05, 4.69) is 20.3 Å². The van der Waals surface area contributed by atoms with Crippen LogP contribution < -0.4 is 0 Å². The molecule has 0 unspecified atom stereocenters. The van der Waals surface area contributed by atoms with Gasteiger partial charge >= 0.3 is 0 Å². The van der Waals surface area contributed by atoms with E-state index in [0.29, 0.717) is 0 Å². The molecule has 3 aromatic rings. The molecule has 112 valence electrons. The minimum Gasteiger partial charge on any atom is -0.240 e. The number of aryl methyl sites for hydroxylation is 1. The smallest absolute Gasteiger partial charge is 0.212 e. The number of benzene rings is 1. The highest BCUT2D eigenvalue weighted by Gasteiger charge is 2.05. The quantitative estimate of drug-likeness (QED) is 0.518. The molecule has 0 amide bonds. The van der Waals surface area contributed by atoms with Crippen LogP contribution >= 0.6 is 34.7 Å². The number of halogens is 1. The largest absolute Gasteiger partial charge is 0.240 e. The van der Waals surface area contributed by atoms with Crippen LogP contribution in [0.5, 0.6) is 0 Å². The first-order chi connectivity index (χ1) is 10.7. The van der Waals surface area contributed by atoms with Crippen molar-refractivity contribution < 1.29 is 0 Å². The summed E-state index contributed by atoms with van der Waals surface area (Å²) in [6.45, 7) is 1.97. The molecule has 0 atom stereocenters. The summed E-state index contributed by atoms with van der Waals surface area (Å²) in [5.41, 5.74) is 2.01. The third kappa shape index (κ3) is 3.94. The summed E-state index contributed by atoms with van der Waals surface area (Å²) in [5, 5.41) is 16.8. The second-order valence-electron chi connectivity index (χ2n) is 4.41. The van der Waals surface area contributed by atoms with Gasteiger partial charge in [0, 0.05) is 16.2 Å². The summed E-state index contributed by atoms with van der Waals surface area (Å²) in [7, 11) is 0. The van der Waals surface area contributed by atoms with Gasteiger partial charge in [0.2, 0.25) is 5.16 Å². The highest BCUT2D eigenvalue weighted by molar-refractivity contribution is 7.98. The van der Waals surface area contributed by atoms with E-state index in [-0.39, 0.29) is 0 Å². The standard InChI is InChI=1S/C14H12ClN5S2/c1-10-18-13(8-21-10)6-17-20-9-16-19-14(20)22-7-11-2-4-12(15)5-3-11/h2-6,8-9H,7H2,1H3/b17-6-. The first-order valence-electron chi connectivity index (χ1n) is 6.44. The highest BCUT2D eigenvalue weighted by atomic mass is 35.5. The van der Waals surface area contributed by atoms with Gasteiger partial charge in [-0.2, -0.15) is 9.78 Å². The van der Waals surface area contributed by atoms with Crippen molar-refractivity contribution in [1.82, 2.24) is 19.9 Å². The zero-order valence-corrected chi connectivity index (χ0v) is 14.1. The first kappa shape index (κ1) is 15.2. The van der Waals surface area contributed by atoms with Crippen LogP contribution in [0.25, 0.3) is 0 Å². The van der Waals surface area contributed by atoms with Crippen molar-refractivity contribution >= 4 is 40.9 Å². The van der Waals surface area contributed by atoms with E-state index in [4.69, 9.17) is 11.6 Å². The van der Waals surface area contributed by atoms with Gasteiger partial charge in [0.1, 0.15) is 6.33 Å². The Balaban J connectivity index is 1.67. The molecule has 8 heteroatoms. The fourth-order valence-electron chi connectivity index (χ4n) is 1.68. The molecule has 0 aliphatic rings. The Hall–Kier alpha value is -1.70. The Kier molecular flexibility index (Phi) is 4.87. The summed E-state index contributed by atoms with van der Waals surface area (Å²) in [6.07, 6.45) is 3.29. The third-order valence-electron chi connectivity index (χ3n) is 2.73. The Morgan fingerprint density at radius 1 is 1.36 bits per heavy atom. The molecule has 5 nitrogen and oxygen atoms in total. The Morgan fingerprint density at radius 3 is 2.91 bits per heavy atom. The lowest BCUT2D eigenvalue weighted by molar-refractivity contribution is 0.766. The van der Waals surface area contributed by atoms with Gasteiger partial charge in [-0.05, 0) is 24.6 Å². The third-order valence-corrected chi connectivity index (χ3v) is 4.78. The maximum Gasteiger partial charge on any atom is 0.212 e. The molecule has 0 N–H and O–H groups in total. The Labute approximate surface area is 141 Å². The maximum atomic E-state index is 5.88. The molecule has 3 rings (SSSR count). The number of thiazole rings is 1. The van der Waals surface area contributed by atoms with E-state index in [1.807, 2.05) is 36.6 Å². The Bertz CT molecular complexity index is 779. The molecule has 2 heterocycles. The SMILES string of the molecule is Cc1nc(/C=N\n2cnnc2SCc2ccc(Cl)cc2)cs1. The van der Waals surface area contributed by atoms with E-state index in [1.54, 1.807) is 40.3 Å². The van der Waals surface area contributed by atoms with E-state index >= 15 is 0 Å². The molecular weight excluding hydrogens is 338 g/mol. The highest BCUT2D eigenvalue weighted by Crippen LogP contribution is 2.21. The van der Waals surface area contributed by atoms with Gasteiger partial charge < -0.3 is 0 Å². The van der Waals surface area contributed by atoms with Crippen molar-refractivity contribution in [2.75, 3.05) is 0 Å². The zero-order chi connectivity index (χ0) is 15.4. The van der Waals surface area contributed by atoms with Gasteiger partial charge in [0.05, 0.1) is 16.9 Å². The zero-order valence-electron chi connectivity index (χ0n) is 11.7. The summed E-state index contributed by atoms with van der Waals surface area (Å²) in [5.74, 6) is 0.779. The lowest BCUT2D eigenvalue weighted by atomic mass is 10.2. The molecule has 0 aliphatic heterocycles. The number of nitrogens with zero attached hydrogens (tertiary/aromatic N) is 5. The molecule has 0 fully saturated rings. The van der Waals surface area contributed by atoms with Crippen LogP contribution in [0.4, 0.5) is 0 Å². The van der Waals surface area contributed by atoms with E-state index < -0.39 is 0 Å². The predicted molar refractivity (Wildman–Crippen MR) is 90.9 cm³/mol. The van der Waals surface area contributed by atoms with E-state index in [9.17, 15) is 0 Å². The van der Waals surface area contributed by atoms with Crippen molar-refractivity contribution in [1.29, 1.82) is 0 Å². The van der Waals surface area contributed by atoms with Crippen molar-refractivity contribution in [3.8, 4) is 0 Å². The molecule has 0 bridgehead atoms. The summed E-state index contributed by atoms with van der Waals surface area (Å²) in [6, 6.07) is 7.75. The molecule has 0 aliphatic carbocycles. The fraction of sp³-hybridized carbons (Fsp3) is 0.143. The van der Waals surface area contributed by atoms with Crippen LogP contribution in [0.2, 0.25) is 5.02 Å². The Morgan fingerprint density at radius 2 is 2.18 bits per heavy atom. The van der Waals surface area contributed by atoms with Crippen LogP contribution in [0.15, 0.2) is 46.2 Å². The molecule has 0 spiro atoms. The van der Waals surface area contributed by atoms with Crippen molar-refractivity contribution in [3.63, 3.8) is 0 Å².